The highest BCUT2D eigenvalue weighted by Gasteiger charge is 2.39. The lowest BCUT2D eigenvalue weighted by atomic mass is 10.1. The zero-order chi connectivity index (χ0) is 17.4. The number of anilines is 2. The second-order valence-electron chi connectivity index (χ2n) is 6.64. The molecule has 0 amide bonds. The first-order chi connectivity index (χ1) is 12.1. The average Bonchev–Trinajstić information content (AvgIpc) is 3.01. The van der Waals surface area contributed by atoms with E-state index in [1.54, 1.807) is 24.3 Å². The van der Waals surface area contributed by atoms with E-state index in [2.05, 4.69) is 16.3 Å². The third-order valence-electron chi connectivity index (χ3n) is 5.20. The summed E-state index contributed by atoms with van der Waals surface area (Å²) < 4.78 is 26.3. The molecule has 1 atom stereocenters. The summed E-state index contributed by atoms with van der Waals surface area (Å²) in [6.45, 7) is 3.84. The maximum Gasteiger partial charge on any atom is 0.199 e. The summed E-state index contributed by atoms with van der Waals surface area (Å²) in [4.78, 5) is 4.67. The van der Waals surface area contributed by atoms with Crippen molar-refractivity contribution in [1.82, 2.24) is 5.32 Å². The van der Waals surface area contributed by atoms with Gasteiger partial charge in [-0.3, -0.25) is 0 Å². The first-order valence-electron chi connectivity index (χ1n) is 8.68. The first kappa shape index (κ1) is 16.4. The van der Waals surface area contributed by atoms with E-state index in [0.29, 0.717) is 11.3 Å². The van der Waals surface area contributed by atoms with Gasteiger partial charge in [-0.15, -0.1) is 0 Å². The molecule has 0 bridgehead atoms. The fourth-order valence-electron chi connectivity index (χ4n) is 3.86. The molecular formula is C19H23N3O2S. The zero-order valence-electron chi connectivity index (χ0n) is 14.4. The van der Waals surface area contributed by atoms with Crippen LogP contribution in [0.3, 0.4) is 0 Å². The number of nitrogens with one attached hydrogen (secondary N) is 1. The molecule has 5 nitrogen and oxygen atoms in total. The van der Waals surface area contributed by atoms with Gasteiger partial charge in [0, 0.05) is 56.6 Å². The molecule has 1 N–H and O–H groups in total. The monoisotopic (exact) mass is 357 g/mol. The second kappa shape index (κ2) is 6.35. The van der Waals surface area contributed by atoms with Gasteiger partial charge in [0.2, 0.25) is 0 Å². The number of benzene rings is 2. The Morgan fingerprint density at radius 1 is 0.960 bits per heavy atom. The lowest BCUT2D eigenvalue weighted by Gasteiger charge is -2.31. The Morgan fingerprint density at radius 3 is 2.36 bits per heavy atom. The van der Waals surface area contributed by atoms with Crippen molar-refractivity contribution in [3.8, 4) is 0 Å². The minimum absolute atomic E-state index is 0.392. The van der Waals surface area contributed by atoms with E-state index in [1.165, 1.54) is 5.69 Å². The molecule has 4 rings (SSSR count). The largest absolute Gasteiger partial charge is 0.369 e. The van der Waals surface area contributed by atoms with Crippen molar-refractivity contribution in [2.24, 2.45) is 0 Å². The third-order valence-corrected chi connectivity index (χ3v) is 7.33. The van der Waals surface area contributed by atoms with E-state index in [-0.39, 0.29) is 0 Å². The van der Waals surface area contributed by atoms with Crippen LogP contribution < -0.4 is 15.1 Å². The van der Waals surface area contributed by atoms with Crippen LogP contribution >= 0.6 is 0 Å². The van der Waals surface area contributed by atoms with Crippen LogP contribution in [0.25, 0.3) is 0 Å². The van der Waals surface area contributed by atoms with Crippen LogP contribution in [0.2, 0.25) is 0 Å². The molecule has 2 aliphatic heterocycles. The van der Waals surface area contributed by atoms with Crippen LogP contribution in [-0.4, -0.2) is 47.0 Å². The van der Waals surface area contributed by atoms with Crippen LogP contribution in [0.4, 0.5) is 11.4 Å². The van der Waals surface area contributed by atoms with Crippen LogP contribution in [-0.2, 0) is 16.3 Å². The summed E-state index contributed by atoms with van der Waals surface area (Å²) in [5, 5.41) is 2.82. The summed E-state index contributed by atoms with van der Waals surface area (Å²) in [5.41, 5.74) is 3.36. The van der Waals surface area contributed by atoms with Gasteiger partial charge in [0.15, 0.2) is 9.84 Å². The molecule has 0 aromatic heterocycles. The third kappa shape index (κ3) is 2.79. The molecule has 0 saturated carbocycles. The fourth-order valence-corrected chi connectivity index (χ4v) is 5.62. The lowest BCUT2D eigenvalue weighted by molar-refractivity contribution is 0.578. The molecule has 132 valence electrons. The fraction of sp³-hybridized carbons (Fsp3) is 0.368. The van der Waals surface area contributed by atoms with Crippen LogP contribution in [0, 0.1) is 0 Å². The predicted molar refractivity (Wildman–Crippen MR) is 101 cm³/mol. The molecule has 0 spiro atoms. The minimum atomic E-state index is -3.41. The van der Waals surface area contributed by atoms with Gasteiger partial charge in [0.1, 0.15) is 5.37 Å². The van der Waals surface area contributed by atoms with Gasteiger partial charge in [-0.2, -0.15) is 0 Å². The van der Waals surface area contributed by atoms with E-state index in [4.69, 9.17) is 0 Å². The summed E-state index contributed by atoms with van der Waals surface area (Å²) in [6.07, 6.45) is 0.531. The number of likely N-dealkylation sites (N-methyl/N-ethyl adjacent to an activating group) is 1. The maximum absolute atomic E-state index is 13.1. The highest BCUT2D eigenvalue weighted by atomic mass is 32.2. The Balaban J connectivity index is 1.71. The Hall–Kier alpha value is -2.05. The molecule has 2 aromatic carbocycles. The lowest BCUT2D eigenvalue weighted by Crippen LogP contribution is -2.43. The van der Waals surface area contributed by atoms with Gasteiger partial charge in [0.25, 0.3) is 0 Å². The van der Waals surface area contributed by atoms with Gasteiger partial charge in [-0.25, -0.2) is 8.42 Å². The maximum atomic E-state index is 13.1. The topological polar surface area (TPSA) is 52.6 Å². The number of sulfone groups is 1. The quantitative estimate of drug-likeness (QED) is 0.909. The summed E-state index contributed by atoms with van der Waals surface area (Å²) >= 11 is 0. The minimum Gasteiger partial charge on any atom is -0.369 e. The highest BCUT2D eigenvalue weighted by molar-refractivity contribution is 7.92. The van der Waals surface area contributed by atoms with Gasteiger partial charge >= 0.3 is 0 Å². The van der Waals surface area contributed by atoms with E-state index < -0.39 is 15.2 Å². The molecule has 2 heterocycles. The molecule has 25 heavy (non-hydrogen) atoms. The number of hydrogen-bond acceptors (Lipinski definition) is 5. The predicted octanol–water partition coefficient (Wildman–Crippen LogP) is 1.89. The first-order valence-corrected chi connectivity index (χ1v) is 10.2. The van der Waals surface area contributed by atoms with Crippen LogP contribution in [0.15, 0.2) is 53.4 Å². The summed E-state index contributed by atoms with van der Waals surface area (Å²) in [5.74, 6) is 0. The van der Waals surface area contributed by atoms with Crippen molar-refractivity contribution in [2.45, 2.75) is 16.7 Å². The molecule has 0 radical (unpaired) electrons. The van der Waals surface area contributed by atoms with Gasteiger partial charge in [-0.1, -0.05) is 24.3 Å². The summed E-state index contributed by atoms with van der Waals surface area (Å²) in [6, 6.07) is 14.9. The number of piperazine rings is 1. The van der Waals surface area contributed by atoms with Gasteiger partial charge in [0.05, 0.1) is 4.90 Å². The number of hydrogen-bond donors (Lipinski definition) is 1. The van der Waals surface area contributed by atoms with Crippen molar-refractivity contribution in [3.05, 3.63) is 54.1 Å². The second-order valence-corrected chi connectivity index (χ2v) is 8.75. The molecule has 0 aliphatic carbocycles. The van der Waals surface area contributed by atoms with Gasteiger partial charge < -0.3 is 15.1 Å². The van der Waals surface area contributed by atoms with Crippen molar-refractivity contribution in [3.63, 3.8) is 0 Å². The molecular weight excluding hydrogens is 334 g/mol. The molecule has 1 fully saturated rings. The van der Waals surface area contributed by atoms with Gasteiger partial charge in [-0.05, 0) is 24.3 Å². The van der Waals surface area contributed by atoms with Crippen LogP contribution in [0.1, 0.15) is 5.56 Å². The van der Waals surface area contributed by atoms with E-state index >= 15 is 0 Å². The molecule has 6 heteroatoms. The highest BCUT2D eigenvalue weighted by Crippen LogP contribution is 2.40. The molecule has 2 aliphatic rings. The van der Waals surface area contributed by atoms with Crippen molar-refractivity contribution in [1.29, 1.82) is 0 Å². The Labute approximate surface area is 149 Å². The number of nitrogens with zero attached hydrogens (tertiary/aromatic N) is 2. The average molecular weight is 357 g/mol. The SMILES string of the molecule is CN1c2cccc(N3CCNCC3)c2CC1S(=O)(=O)c1ccccc1. The Kier molecular flexibility index (Phi) is 4.17. The van der Waals surface area contributed by atoms with E-state index in [0.717, 1.165) is 37.4 Å². The van der Waals surface area contributed by atoms with E-state index in [9.17, 15) is 8.42 Å². The van der Waals surface area contributed by atoms with Crippen molar-refractivity contribution < 1.29 is 8.42 Å². The number of fused-ring (bicyclic) bond motifs is 1. The van der Waals surface area contributed by atoms with Crippen LogP contribution in [0.5, 0.6) is 0 Å². The van der Waals surface area contributed by atoms with Crippen molar-refractivity contribution in [2.75, 3.05) is 43.0 Å². The van der Waals surface area contributed by atoms with E-state index in [1.807, 2.05) is 30.1 Å². The zero-order valence-corrected chi connectivity index (χ0v) is 15.2. The standard InChI is InChI=1S/C19H23N3O2S/c1-21-17-8-5-9-18(22-12-10-20-11-13-22)16(17)14-19(21)25(23,24)15-6-3-2-4-7-15/h2-9,19-20H,10-14H2,1H3. The number of rotatable bonds is 3. The smallest absolute Gasteiger partial charge is 0.199 e. The normalized spacial score (nSPS) is 20.6. The summed E-state index contributed by atoms with van der Waals surface area (Å²) in [7, 11) is -1.52. The molecule has 2 aromatic rings. The molecule has 1 saturated heterocycles. The molecule has 1 unspecified atom stereocenters. The Morgan fingerprint density at radius 2 is 1.64 bits per heavy atom. The Bertz CT molecular complexity index is 861. The van der Waals surface area contributed by atoms with Crippen molar-refractivity contribution >= 4 is 21.2 Å².